The number of fused-ring (bicyclic) bond motifs is 1. The Morgan fingerprint density at radius 3 is 2.95 bits per heavy atom. The minimum absolute atomic E-state index is 0.131. The van der Waals surface area contributed by atoms with Crippen molar-refractivity contribution in [3.05, 3.63) is 35.1 Å². The lowest BCUT2D eigenvalue weighted by molar-refractivity contribution is 0.0452. The molecule has 3 nitrogen and oxygen atoms in total. The lowest BCUT2D eigenvalue weighted by Gasteiger charge is -2.44. The Kier molecular flexibility index (Phi) is 4.52. The van der Waals surface area contributed by atoms with Crippen LogP contribution >= 0.6 is 12.2 Å². The smallest absolute Gasteiger partial charge is 0.137 e. The Balaban J connectivity index is 1.69. The first-order valence-electron chi connectivity index (χ1n) is 7.69. The third kappa shape index (κ3) is 3.25. The van der Waals surface area contributed by atoms with Crippen LogP contribution in [0.15, 0.2) is 18.2 Å². The van der Waals surface area contributed by atoms with Crippen molar-refractivity contribution in [1.29, 1.82) is 0 Å². The number of hydrogen-bond acceptors (Lipinski definition) is 3. The lowest BCUT2D eigenvalue weighted by Crippen LogP contribution is -2.54. The fourth-order valence-electron chi connectivity index (χ4n) is 3.50. The van der Waals surface area contributed by atoms with Crippen LogP contribution in [0, 0.1) is 5.82 Å². The molecule has 0 aromatic heterocycles. The number of piperidine rings is 1. The highest BCUT2D eigenvalue weighted by Crippen LogP contribution is 2.23. The molecule has 1 atom stereocenters. The Morgan fingerprint density at radius 2 is 2.14 bits per heavy atom. The monoisotopic (exact) mass is 307 g/mol. The highest BCUT2D eigenvalue weighted by Gasteiger charge is 2.29. The van der Waals surface area contributed by atoms with Crippen molar-refractivity contribution in [2.75, 3.05) is 26.2 Å². The standard InChI is InChI=1S/C16H22FN3S/c17-15-12(4-3-6-14(15)16(18)21)10-19-8-9-20-7-2-1-5-13(20)11-19/h3-4,6,13H,1-2,5,7-11H2,(H2,18,21). The number of benzene rings is 1. The summed E-state index contributed by atoms with van der Waals surface area (Å²) >= 11 is 4.91. The maximum absolute atomic E-state index is 14.4. The molecular formula is C16H22FN3S. The molecule has 1 unspecified atom stereocenters. The molecule has 1 aromatic rings. The van der Waals surface area contributed by atoms with Crippen molar-refractivity contribution in [3.8, 4) is 0 Å². The molecule has 21 heavy (non-hydrogen) atoms. The zero-order chi connectivity index (χ0) is 14.8. The molecule has 5 heteroatoms. The molecule has 0 radical (unpaired) electrons. The third-order valence-corrected chi connectivity index (χ3v) is 4.88. The fourth-order valence-corrected chi connectivity index (χ4v) is 3.65. The number of hydrogen-bond donors (Lipinski definition) is 1. The fraction of sp³-hybridized carbons (Fsp3) is 0.562. The van der Waals surface area contributed by atoms with E-state index in [9.17, 15) is 4.39 Å². The Labute approximate surface area is 130 Å². The van der Waals surface area contributed by atoms with Gasteiger partial charge < -0.3 is 5.73 Å². The molecule has 114 valence electrons. The molecule has 0 saturated carbocycles. The van der Waals surface area contributed by atoms with Gasteiger partial charge in [0.2, 0.25) is 0 Å². The molecule has 2 heterocycles. The Bertz CT molecular complexity index is 534. The molecule has 2 fully saturated rings. The first kappa shape index (κ1) is 14.9. The van der Waals surface area contributed by atoms with Crippen LogP contribution in [0.1, 0.15) is 30.4 Å². The van der Waals surface area contributed by atoms with Crippen molar-refractivity contribution in [2.24, 2.45) is 5.73 Å². The summed E-state index contributed by atoms with van der Waals surface area (Å²) in [5.41, 5.74) is 6.63. The second kappa shape index (κ2) is 6.38. The zero-order valence-electron chi connectivity index (χ0n) is 12.2. The summed E-state index contributed by atoms with van der Waals surface area (Å²) in [4.78, 5) is 5.07. The molecule has 2 aliphatic rings. The van der Waals surface area contributed by atoms with Gasteiger partial charge in [-0.2, -0.15) is 0 Å². The van der Waals surface area contributed by atoms with E-state index in [4.69, 9.17) is 18.0 Å². The number of nitrogens with zero attached hydrogens (tertiary/aromatic N) is 2. The molecule has 1 aromatic carbocycles. The second-order valence-corrected chi connectivity index (χ2v) is 6.50. The zero-order valence-corrected chi connectivity index (χ0v) is 13.0. The van der Waals surface area contributed by atoms with E-state index in [1.807, 2.05) is 12.1 Å². The van der Waals surface area contributed by atoms with Gasteiger partial charge in [0.25, 0.3) is 0 Å². The molecule has 2 N–H and O–H groups in total. The van der Waals surface area contributed by atoms with E-state index < -0.39 is 0 Å². The SMILES string of the molecule is NC(=S)c1cccc(CN2CCN3CCCCC3C2)c1F. The van der Waals surface area contributed by atoms with Crippen LogP contribution in [0.3, 0.4) is 0 Å². The van der Waals surface area contributed by atoms with Crippen molar-refractivity contribution >= 4 is 17.2 Å². The van der Waals surface area contributed by atoms with Gasteiger partial charge in [-0.3, -0.25) is 9.80 Å². The van der Waals surface area contributed by atoms with Crippen LogP contribution in [0.5, 0.6) is 0 Å². The number of nitrogens with two attached hydrogens (primary N) is 1. The Morgan fingerprint density at radius 1 is 1.29 bits per heavy atom. The van der Waals surface area contributed by atoms with Crippen LogP contribution in [0.2, 0.25) is 0 Å². The second-order valence-electron chi connectivity index (χ2n) is 6.06. The van der Waals surface area contributed by atoms with E-state index in [1.54, 1.807) is 6.07 Å². The van der Waals surface area contributed by atoms with Crippen molar-refractivity contribution in [3.63, 3.8) is 0 Å². The summed E-state index contributed by atoms with van der Waals surface area (Å²) in [7, 11) is 0. The summed E-state index contributed by atoms with van der Waals surface area (Å²) in [5.74, 6) is -0.254. The summed E-state index contributed by atoms with van der Waals surface area (Å²) in [5, 5.41) is 0. The minimum atomic E-state index is -0.254. The number of halogens is 1. The minimum Gasteiger partial charge on any atom is -0.389 e. The predicted octanol–water partition coefficient (Wildman–Crippen LogP) is 2.13. The van der Waals surface area contributed by atoms with Crippen LogP contribution in [0.25, 0.3) is 0 Å². The highest BCUT2D eigenvalue weighted by atomic mass is 32.1. The summed E-state index contributed by atoms with van der Waals surface area (Å²) in [6.07, 6.45) is 3.91. The molecule has 0 aliphatic carbocycles. The van der Waals surface area contributed by atoms with Gasteiger partial charge in [0.05, 0.1) is 0 Å². The quantitative estimate of drug-likeness (QED) is 0.867. The summed E-state index contributed by atoms with van der Waals surface area (Å²) in [6, 6.07) is 5.98. The van der Waals surface area contributed by atoms with Gasteiger partial charge in [-0.15, -0.1) is 0 Å². The maximum atomic E-state index is 14.4. The summed E-state index contributed by atoms with van der Waals surface area (Å²) in [6.45, 7) is 5.02. The Hall–Kier alpha value is -1.04. The van der Waals surface area contributed by atoms with Gasteiger partial charge in [0.1, 0.15) is 10.8 Å². The first-order chi connectivity index (χ1) is 10.1. The summed E-state index contributed by atoms with van der Waals surface area (Å²) < 4.78 is 14.4. The van der Waals surface area contributed by atoms with Gasteiger partial charge in [0.15, 0.2) is 0 Å². The third-order valence-electron chi connectivity index (χ3n) is 4.66. The van der Waals surface area contributed by atoms with Gasteiger partial charge in [0, 0.05) is 43.3 Å². The maximum Gasteiger partial charge on any atom is 0.137 e. The van der Waals surface area contributed by atoms with E-state index in [0.29, 0.717) is 23.7 Å². The normalized spacial score (nSPS) is 23.8. The van der Waals surface area contributed by atoms with E-state index in [0.717, 1.165) is 19.6 Å². The van der Waals surface area contributed by atoms with E-state index in [1.165, 1.54) is 25.8 Å². The van der Waals surface area contributed by atoms with Gasteiger partial charge in [-0.1, -0.05) is 30.8 Å². The number of thiocarbonyl (C=S) groups is 1. The van der Waals surface area contributed by atoms with Crippen LogP contribution in [-0.4, -0.2) is 47.0 Å². The van der Waals surface area contributed by atoms with Crippen molar-refractivity contribution in [2.45, 2.75) is 31.8 Å². The van der Waals surface area contributed by atoms with Crippen molar-refractivity contribution < 1.29 is 4.39 Å². The number of piperazine rings is 1. The number of rotatable bonds is 3. The molecule has 0 spiro atoms. The van der Waals surface area contributed by atoms with Crippen LogP contribution in [0.4, 0.5) is 4.39 Å². The van der Waals surface area contributed by atoms with Crippen LogP contribution < -0.4 is 5.73 Å². The predicted molar refractivity (Wildman–Crippen MR) is 86.8 cm³/mol. The van der Waals surface area contributed by atoms with E-state index >= 15 is 0 Å². The average molecular weight is 307 g/mol. The van der Waals surface area contributed by atoms with Gasteiger partial charge >= 0.3 is 0 Å². The molecule has 0 bridgehead atoms. The molecule has 3 rings (SSSR count). The highest BCUT2D eigenvalue weighted by molar-refractivity contribution is 7.80. The lowest BCUT2D eigenvalue weighted by atomic mass is 9.99. The van der Waals surface area contributed by atoms with Gasteiger partial charge in [-0.25, -0.2) is 4.39 Å². The van der Waals surface area contributed by atoms with E-state index in [2.05, 4.69) is 9.80 Å². The first-order valence-corrected chi connectivity index (χ1v) is 8.09. The molecule has 2 aliphatic heterocycles. The van der Waals surface area contributed by atoms with Gasteiger partial charge in [-0.05, 0) is 25.5 Å². The topological polar surface area (TPSA) is 32.5 Å². The molecular weight excluding hydrogens is 285 g/mol. The van der Waals surface area contributed by atoms with Crippen molar-refractivity contribution in [1.82, 2.24) is 9.80 Å². The molecule has 0 amide bonds. The molecule has 2 saturated heterocycles. The van der Waals surface area contributed by atoms with Crippen LogP contribution in [-0.2, 0) is 6.54 Å². The van der Waals surface area contributed by atoms with E-state index in [-0.39, 0.29) is 10.8 Å². The largest absolute Gasteiger partial charge is 0.389 e. The average Bonchev–Trinajstić information content (AvgIpc) is 2.49.